The highest BCUT2D eigenvalue weighted by Crippen LogP contribution is 2.37. The SMILES string of the molecule is Cc1ccc(/C=C(\NC(=O)c2ccccc2)C(=O)Nc2cccc(SC(C(=O)Nc3ccc([N+](=O)[O-])cc3)c3ccccc3)c2)cc1. The number of thioether (sulfide) groups is 1. The van der Waals surface area contributed by atoms with Crippen LogP contribution >= 0.6 is 11.8 Å². The smallest absolute Gasteiger partial charge is 0.272 e. The van der Waals surface area contributed by atoms with Crippen molar-refractivity contribution in [1.82, 2.24) is 5.32 Å². The number of nitro groups is 1. The van der Waals surface area contributed by atoms with Gasteiger partial charge in [0.15, 0.2) is 0 Å². The molecule has 0 fully saturated rings. The Kier molecular flexibility index (Phi) is 10.6. The number of carbonyl (C=O) groups is 3. The maximum Gasteiger partial charge on any atom is 0.272 e. The number of benzene rings is 5. The van der Waals surface area contributed by atoms with Gasteiger partial charge in [0.2, 0.25) is 5.91 Å². The van der Waals surface area contributed by atoms with E-state index in [-0.39, 0.29) is 17.3 Å². The number of rotatable bonds is 11. The largest absolute Gasteiger partial charge is 0.325 e. The molecule has 0 bridgehead atoms. The predicted molar refractivity (Wildman–Crippen MR) is 185 cm³/mol. The summed E-state index contributed by atoms with van der Waals surface area (Å²) in [5, 5.41) is 18.8. The van der Waals surface area contributed by atoms with Gasteiger partial charge >= 0.3 is 0 Å². The Morgan fingerprint density at radius 2 is 1.40 bits per heavy atom. The fraction of sp³-hybridized carbons (Fsp3) is 0.0541. The molecule has 0 saturated heterocycles. The second-order valence-electron chi connectivity index (χ2n) is 10.5. The summed E-state index contributed by atoms with van der Waals surface area (Å²) >= 11 is 1.28. The molecule has 0 aliphatic carbocycles. The second-order valence-corrected chi connectivity index (χ2v) is 11.7. The van der Waals surface area contributed by atoms with Crippen molar-refractivity contribution in [2.75, 3.05) is 10.6 Å². The molecule has 5 aromatic carbocycles. The van der Waals surface area contributed by atoms with Crippen LogP contribution in [0.4, 0.5) is 17.1 Å². The molecule has 0 spiro atoms. The highest BCUT2D eigenvalue weighted by atomic mass is 32.2. The molecule has 0 radical (unpaired) electrons. The molecular formula is C37H30N4O5S. The summed E-state index contributed by atoms with van der Waals surface area (Å²) in [6.45, 7) is 1.96. The third-order valence-corrected chi connectivity index (χ3v) is 8.20. The second kappa shape index (κ2) is 15.3. The molecule has 3 amide bonds. The fourth-order valence-corrected chi connectivity index (χ4v) is 5.61. The van der Waals surface area contributed by atoms with Gasteiger partial charge in [0, 0.05) is 34.0 Å². The van der Waals surface area contributed by atoms with Gasteiger partial charge in [0.1, 0.15) is 10.9 Å². The van der Waals surface area contributed by atoms with E-state index in [9.17, 15) is 24.5 Å². The molecule has 0 saturated carbocycles. The summed E-state index contributed by atoms with van der Waals surface area (Å²) in [6, 6.07) is 38.1. The zero-order valence-corrected chi connectivity index (χ0v) is 26.1. The van der Waals surface area contributed by atoms with E-state index in [1.807, 2.05) is 67.6 Å². The van der Waals surface area contributed by atoms with Crippen molar-refractivity contribution >= 4 is 52.6 Å². The van der Waals surface area contributed by atoms with E-state index in [0.29, 0.717) is 21.8 Å². The third-order valence-electron chi connectivity index (χ3n) is 6.95. The number of nitrogens with zero attached hydrogens (tertiary/aromatic N) is 1. The number of nitrogens with one attached hydrogen (secondary N) is 3. The quantitative estimate of drug-likeness (QED) is 0.0584. The fourth-order valence-electron chi connectivity index (χ4n) is 4.53. The minimum atomic E-state index is -0.681. The molecular weight excluding hydrogens is 612 g/mol. The number of nitro benzene ring substituents is 1. The Bertz CT molecular complexity index is 1910. The van der Waals surface area contributed by atoms with Gasteiger partial charge in [-0.05, 0) is 66.6 Å². The number of carbonyl (C=O) groups excluding carboxylic acids is 3. The summed E-state index contributed by atoms with van der Waals surface area (Å²) in [4.78, 5) is 51.3. The number of hydrogen-bond donors (Lipinski definition) is 3. The molecule has 47 heavy (non-hydrogen) atoms. The van der Waals surface area contributed by atoms with Crippen LogP contribution in [0.1, 0.15) is 32.3 Å². The van der Waals surface area contributed by atoms with E-state index in [1.54, 1.807) is 54.6 Å². The van der Waals surface area contributed by atoms with Crippen LogP contribution in [0.15, 0.2) is 144 Å². The van der Waals surface area contributed by atoms with Crippen LogP contribution in [0.25, 0.3) is 6.08 Å². The summed E-state index contributed by atoms with van der Waals surface area (Å²) in [7, 11) is 0. The van der Waals surface area contributed by atoms with Crippen LogP contribution in [0.2, 0.25) is 0 Å². The first-order chi connectivity index (χ1) is 22.7. The van der Waals surface area contributed by atoms with E-state index in [4.69, 9.17) is 0 Å². The van der Waals surface area contributed by atoms with Gasteiger partial charge in [-0.3, -0.25) is 24.5 Å². The summed E-state index contributed by atoms with van der Waals surface area (Å²) in [6.07, 6.45) is 1.61. The van der Waals surface area contributed by atoms with Gasteiger partial charge in [-0.2, -0.15) is 0 Å². The van der Waals surface area contributed by atoms with Crippen LogP contribution in [0.5, 0.6) is 0 Å². The van der Waals surface area contributed by atoms with Gasteiger partial charge in [-0.15, -0.1) is 11.8 Å². The van der Waals surface area contributed by atoms with Crippen LogP contribution in [-0.2, 0) is 9.59 Å². The first-order valence-corrected chi connectivity index (χ1v) is 15.5. The summed E-state index contributed by atoms with van der Waals surface area (Å²) in [5.41, 5.74) is 3.83. The van der Waals surface area contributed by atoms with Crippen LogP contribution in [-0.4, -0.2) is 22.6 Å². The van der Waals surface area contributed by atoms with Crippen molar-refractivity contribution < 1.29 is 19.3 Å². The van der Waals surface area contributed by atoms with E-state index in [0.717, 1.165) is 16.7 Å². The van der Waals surface area contributed by atoms with Crippen LogP contribution < -0.4 is 16.0 Å². The van der Waals surface area contributed by atoms with E-state index in [2.05, 4.69) is 16.0 Å². The van der Waals surface area contributed by atoms with Gasteiger partial charge in [0.05, 0.1) is 4.92 Å². The molecule has 0 aliphatic rings. The highest BCUT2D eigenvalue weighted by Gasteiger charge is 2.23. The Hall–Kier alpha value is -6.00. The lowest BCUT2D eigenvalue weighted by atomic mass is 10.1. The Morgan fingerprint density at radius 3 is 2.06 bits per heavy atom. The normalized spacial score (nSPS) is 11.6. The molecule has 234 valence electrons. The Labute approximate surface area is 275 Å². The molecule has 1 unspecified atom stereocenters. The van der Waals surface area contributed by atoms with Crippen molar-refractivity contribution in [3.8, 4) is 0 Å². The minimum Gasteiger partial charge on any atom is -0.325 e. The lowest BCUT2D eigenvalue weighted by molar-refractivity contribution is -0.384. The molecule has 5 aromatic rings. The van der Waals surface area contributed by atoms with Crippen molar-refractivity contribution in [1.29, 1.82) is 0 Å². The average Bonchev–Trinajstić information content (AvgIpc) is 3.09. The highest BCUT2D eigenvalue weighted by molar-refractivity contribution is 8.00. The maximum absolute atomic E-state index is 13.6. The molecule has 9 nitrogen and oxygen atoms in total. The summed E-state index contributed by atoms with van der Waals surface area (Å²) < 4.78 is 0. The van der Waals surface area contributed by atoms with E-state index < -0.39 is 22.0 Å². The first-order valence-electron chi connectivity index (χ1n) is 14.6. The monoisotopic (exact) mass is 642 g/mol. The van der Waals surface area contributed by atoms with Crippen molar-refractivity contribution in [3.63, 3.8) is 0 Å². The number of hydrogen-bond acceptors (Lipinski definition) is 6. The average molecular weight is 643 g/mol. The predicted octanol–water partition coefficient (Wildman–Crippen LogP) is 7.78. The Morgan fingerprint density at radius 1 is 0.745 bits per heavy atom. The molecule has 0 heterocycles. The van der Waals surface area contributed by atoms with E-state index >= 15 is 0 Å². The zero-order valence-electron chi connectivity index (χ0n) is 25.3. The van der Waals surface area contributed by atoms with Gasteiger partial charge in [-0.25, -0.2) is 0 Å². The number of aryl methyl sites for hydroxylation is 1. The first kappa shape index (κ1) is 32.4. The molecule has 5 rings (SSSR count). The maximum atomic E-state index is 13.6. The third kappa shape index (κ3) is 9.03. The number of amides is 3. The van der Waals surface area contributed by atoms with Crippen molar-refractivity contribution in [3.05, 3.63) is 172 Å². The van der Waals surface area contributed by atoms with Crippen LogP contribution in [0.3, 0.4) is 0 Å². The standard InChI is InChI=1S/C37H30N4O5S/c1-25-15-17-26(18-16-25)23-33(40-35(42)28-11-6-3-7-12-28)36(43)39-30-13-8-14-32(24-30)47-34(27-9-4-2-5-10-27)37(44)38-29-19-21-31(22-20-29)41(45)46/h2-24,34H,1H3,(H,38,44)(H,39,43)(H,40,42)/b33-23-. The molecule has 0 aliphatic heterocycles. The topological polar surface area (TPSA) is 130 Å². The van der Waals surface area contributed by atoms with Gasteiger partial charge in [-0.1, -0.05) is 84.4 Å². The Balaban J connectivity index is 1.36. The van der Waals surface area contributed by atoms with Crippen LogP contribution in [0, 0.1) is 17.0 Å². The molecule has 1 atom stereocenters. The van der Waals surface area contributed by atoms with E-state index in [1.165, 1.54) is 36.0 Å². The molecule has 3 N–H and O–H groups in total. The van der Waals surface area contributed by atoms with Crippen molar-refractivity contribution in [2.24, 2.45) is 0 Å². The molecule has 0 aromatic heterocycles. The van der Waals surface area contributed by atoms with Crippen molar-refractivity contribution in [2.45, 2.75) is 17.1 Å². The zero-order chi connectivity index (χ0) is 33.2. The van der Waals surface area contributed by atoms with Gasteiger partial charge < -0.3 is 16.0 Å². The summed E-state index contributed by atoms with van der Waals surface area (Å²) in [5.74, 6) is -1.27. The lowest BCUT2D eigenvalue weighted by Gasteiger charge is -2.18. The number of anilines is 2. The minimum absolute atomic E-state index is 0.0606. The lowest BCUT2D eigenvalue weighted by Crippen LogP contribution is -2.30. The number of non-ortho nitro benzene ring substituents is 1. The molecule has 10 heteroatoms. The van der Waals surface area contributed by atoms with Gasteiger partial charge in [0.25, 0.3) is 17.5 Å².